The number of carbonyl (C=O) groups excluding carboxylic acids is 1. The average molecular weight is 268 g/mol. The van der Waals surface area contributed by atoms with E-state index in [4.69, 9.17) is 10.3 Å². The van der Waals surface area contributed by atoms with Crippen LogP contribution in [0, 0.1) is 6.92 Å². The Balaban J connectivity index is 1.99. The van der Waals surface area contributed by atoms with Crippen molar-refractivity contribution in [2.24, 2.45) is 0 Å². The number of aryl methyl sites for hydroxylation is 1. The molecule has 2 aromatic heterocycles. The van der Waals surface area contributed by atoms with Crippen LogP contribution in [0.2, 0.25) is 0 Å². The molecule has 0 radical (unpaired) electrons. The highest BCUT2D eigenvalue weighted by Gasteiger charge is 2.13. The second kappa shape index (κ2) is 4.65. The molecule has 0 unspecified atom stereocenters. The van der Waals surface area contributed by atoms with Gasteiger partial charge in [0.1, 0.15) is 11.5 Å². The zero-order chi connectivity index (χ0) is 14.1. The molecule has 3 N–H and O–H groups in total. The normalized spacial score (nSPS) is 10.7. The fourth-order valence-corrected chi connectivity index (χ4v) is 1.98. The van der Waals surface area contributed by atoms with Crippen LogP contribution in [0.25, 0.3) is 10.8 Å². The van der Waals surface area contributed by atoms with E-state index in [0.29, 0.717) is 23.0 Å². The summed E-state index contributed by atoms with van der Waals surface area (Å²) in [6.45, 7) is 1.75. The highest BCUT2D eigenvalue weighted by atomic mass is 16.5. The van der Waals surface area contributed by atoms with Crippen molar-refractivity contribution in [3.63, 3.8) is 0 Å². The molecule has 0 saturated heterocycles. The van der Waals surface area contributed by atoms with Gasteiger partial charge in [-0.2, -0.15) is 0 Å². The van der Waals surface area contributed by atoms with E-state index in [9.17, 15) is 4.79 Å². The van der Waals surface area contributed by atoms with Gasteiger partial charge in [0.05, 0.1) is 0 Å². The van der Waals surface area contributed by atoms with E-state index < -0.39 is 0 Å². The Morgan fingerprint density at radius 2 is 2.15 bits per heavy atom. The summed E-state index contributed by atoms with van der Waals surface area (Å²) >= 11 is 0. The maximum Gasteiger partial charge on any atom is 0.276 e. The standard InChI is InChI=1S/C14H12N4O2/c1-8-6-12(18-20-8)17-14(19)13-11-3-2-10(15)7-9(11)4-5-16-13/h2-7H,15H2,1H3,(H,17,18,19). The van der Waals surface area contributed by atoms with Gasteiger partial charge in [-0.05, 0) is 36.6 Å². The first-order valence-corrected chi connectivity index (χ1v) is 6.02. The number of carbonyl (C=O) groups is 1. The summed E-state index contributed by atoms with van der Waals surface area (Å²) in [6.07, 6.45) is 1.57. The Morgan fingerprint density at radius 1 is 1.30 bits per heavy atom. The van der Waals surface area contributed by atoms with E-state index in [0.717, 1.165) is 10.8 Å². The minimum atomic E-state index is -0.339. The van der Waals surface area contributed by atoms with Crippen molar-refractivity contribution in [3.8, 4) is 0 Å². The van der Waals surface area contributed by atoms with Gasteiger partial charge >= 0.3 is 0 Å². The van der Waals surface area contributed by atoms with Crippen molar-refractivity contribution in [2.45, 2.75) is 6.92 Å². The van der Waals surface area contributed by atoms with E-state index in [1.165, 1.54) is 0 Å². The summed E-state index contributed by atoms with van der Waals surface area (Å²) in [4.78, 5) is 16.4. The molecular weight excluding hydrogens is 256 g/mol. The van der Waals surface area contributed by atoms with Crippen LogP contribution in [-0.2, 0) is 0 Å². The number of hydrogen-bond acceptors (Lipinski definition) is 5. The first-order valence-electron chi connectivity index (χ1n) is 6.02. The third-order valence-corrected chi connectivity index (χ3v) is 2.87. The van der Waals surface area contributed by atoms with Gasteiger partial charge in [0.25, 0.3) is 5.91 Å². The van der Waals surface area contributed by atoms with Crippen molar-refractivity contribution in [3.05, 3.63) is 48.0 Å². The van der Waals surface area contributed by atoms with Gasteiger partial charge < -0.3 is 15.6 Å². The predicted molar refractivity (Wildman–Crippen MR) is 75.3 cm³/mol. The monoisotopic (exact) mass is 268 g/mol. The molecule has 0 spiro atoms. The van der Waals surface area contributed by atoms with Crippen LogP contribution >= 0.6 is 0 Å². The Kier molecular flexibility index (Phi) is 2.83. The van der Waals surface area contributed by atoms with Crippen molar-refractivity contribution < 1.29 is 9.32 Å². The lowest BCUT2D eigenvalue weighted by Gasteiger charge is -2.05. The van der Waals surface area contributed by atoms with Crippen molar-refractivity contribution >= 4 is 28.2 Å². The van der Waals surface area contributed by atoms with Crippen LogP contribution in [0.3, 0.4) is 0 Å². The molecule has 6 nitrogen and oxygen atoms in total. The number of pyridine rings is 1. The van der Waals surface area contributed by atoms with Gasteiger partial charge in [-0.3, -0.25) is 9.78 Å². The largest absolute Gasteiger partial charge is 0.399 e. The number of nitrogen functional groups attached to an aromatic ring is 1. The van der Waals surface area contributed by atoms with Crippen LogP contribution in [0.1, 0.15) is 16.2 Å². The molecule has 0 aliphatic carbocycles. The number of nitrogens with two attached hydrogens (primary N) is 1. The summed E-state index contributed by atoms with van der Waals surface area (Å²) in [5, 5.41) is 7.97. The first kappa shape index (κ1) is 12.2. The Hall–Kier alpha value is -2.89. The number of nitrogens with one attached hydrogen (secondary N) is 1. The lowest BCUT2D eigenvalue weighted by atomic mass is 10.1. The zero-order valence-corrected chi connectivity index (χ0v) is 10.8. The van der Waals surface area contributed by atoms with Crippen LogP contribution < -0.4 is 11.1 Å². The maximum absolute atomic E-state index is 12.2. The third-order valence-electron chi connectivity index (χ3n) is 2.87. The number of rotatable bonds is 2. The van der Waals surface area contributed by atoms with Crippen molar-refractivity contribution in [1.29, 1.82) is 0 Å². The van der Waals surface area contributed by atoms with E-state index in [2.05, 4.69) is 15.5 Å². The average Bonchev–Trinajstić information content (AvgIpc) is 2.83. The fraction of sp³-hybridized carbons (Fsp3) is 0.0714. The van der Waals surface area contributed by atoms with E-state index in [1.807, 2.05) is 6.07 Å². The summed E-state index contributed by atoms with van der Waals surface area (Å²) < 4.78 is 4.90. The number of anilines is 2. The summed E-state index contributed by atoms with van der Waals surface area (Å²) in [5.74, 6) is 0.648. The molecule has 100 valence electrons. The molecule has 0 fully saturated rings. The quantitative estimate of drug-likeness (QED) is 0.696. The fourth-order valence-electron chi connectivity index (χ4n) is 1.98. The molecule has 1 aromatic carbocycles. The molecule has 0 saturated carbocycles. The number of fused-ring (bicyclic) bond motifs is 1. The summed E-state index contributed by atoms with van der Waals surface area (Å²) in [6, 6.07) is 8.76. The predicted octanol–water partition coefficient (Wildman–Crippen LogP) is 2.37. The number of nitrogens with zero attached hydrogens (tertiary/aromatic N) is 2. The van der Waals surface area contributed by atoms with Gasteiger partial charge in [0.2, 0.25) is 0 Å². The molecule has 3 rings (SSSR count). The molecule has 0 atom stereocenters. The van der Waals surface area contributed by atoms with Crippen LogP contribution in [0.15, 0.2) is 41.1 Å². The minimum absolute atomic E-state index is 0.322. The number of amides is 1. The molecule has 0 aliphatic rings. The number of aromatic nitrogens is 2. The summed E-state index contributed by atoms with van der Waals surface area (Å²) in [7, 11) is 0. The van der Waals surface area contributed by atoms with Crippen LogP contribution in [-0.4, -0.2) is 16.0 Å². The van der Waals surface area contributed by atoms with Crippen molar-refractivity contribution in [1.82, 2.24) is 10.1 Å². The van der Waals surface area contributed by atoms with E-state index in [-0.39, 0.29) is 5.91 Å². The molecule has 0 aliphatic heterocycles. The topological polar surface area (TPSA) is 94.0 Å². The van der Waals surface area contributed by atoms with Gasteiger partial charge in [-0.15, -0.1) is 0 Å². The van der Waals surface area contributed by atoms with Gasteiger partial charge in [-0.1, -0.05) is 5.16 Å². The smallest absolute Gasteiger partial charge is 0.276 e. The Bertz CT molecular complexity index is 795. The van der Waals surface area contributed by atoms with E-state index in [1.54, 1.807) is 37.4 Å². The second-order valence-corrected chi connectivity index (χ2v) is 4.42. The third kappa shape index (κ3) is 2.18. The molecular formula is C14H12N4O2. The molecule has 2 heterocycles. The van der Waals surface area contributed by atoms with Crippen molar-refractivity contribution in [2.75, 3.05) is 11.1 Å². The molecule has 20 heavy (non-hydrogen) atoms. The molecule has 6 heteroatoms. The molecule has 3 aromatic rings. The second-order valence-electron chi connectivity index (χ2n) is 4.42. The Morgan fingerprint density at radius 3 is 2.90 bits per heavy atom. The number of hydrogen-bond donors (Lipinski definition) is 2. The SMILES string of the molecule is Cc1cc(NC(=O)c2nccc3cc(N)ccc23)no1. The Labute approximate surface area is 114 Å². The van der Waals surface area contributed by atoms with Gasteiger partial charge in [-0.25, -0.2) is 0 Å². The van der Waals surface area contributed by atoms with Gasteiger partial charge in [0.15, 0.2) is 5.82 Å². The lowest BCUT2D eigenvalue weighted by Crippen LogP contribution is -2.14. The van der Waals surface area contributed by atoms with Gasteiger partial charge in [0, 0.05) is 23.3 Å². The molecule has 1 amide bonds. The van der Waals surface area contributed by atoms with E-state index >= 15 is 0 Å². The lowest BCUT2D eigenvalue weighted by molar-refractivity contribution is 0.102. The van der Waals surface area contributed by atoms with Crippen LogP contribution in [0.5, 0.6) is 0 Å². The number of benzene rings is 1. The zero-order valence-electron chi connectivity index (χ0n) is 10.8. The highest BCUT2D eigenvalue weighted by Crippen LogP contribution is 2.20. The highest BCUT2D eigenvalue weighted by molar-refractivity contribution is 6.11. The first-order chi connectivity index (χ1) is 9.63. The molecule has 0 bridgehead atoms. The minimum Gasteiger partial charge on any atom is -0.399 e. The summed E-state index contributed by atoms with van der Waals surface area (Å²) in [5.41, 5.74) is 6.70. The van der Waals surface area contributed by atoms with Crippen LogP contribution in [0.4, 0.5) is 11.5 Å². The maximum atomic E-state index is 12.2.